The highest BCUT2D eigenvalue weighted by molar-refractivity contribution is 6.09. The molecule has 1 fully saturated rings. The molecule has 118 valence electrons. The van der Waals surface area contributed by atoms with Gasteiger partial charge in [-0.25, -0.2) is 0 Å². The third kappa shape index (κ3) is 2.30. The van der Waals surface area contributed by atoms with Crippen molar-refractivity contribution < 1.29 is 22.7 Å². The molecule has 0 bridgehead atoms. The Morgan fingerprint density at radius 3 is 2.78 bits per heavy atom. The van der Waals surface area contributed by atoms with Crippen LogP contribution < -0.4 is 10.1 Å². The molecule has 1 aliphatic rings. The Morgan fingerprint density at radius 1 is 1.22 bits per heavy atom. The van der Waals surface area contributed by atoms with Crippen LogP contribution in [0.2, 0.25) is 0 Å². The Morgan fingerprint density at radius 2 is 2.04 bits per heavy atom. The maximum Gasteiger partial charge on any atom is 0.387 e. The number of rotatable bonds is 3. The second-order valence-corrected chi connectivity index (χ2v) is 5.54. The second kappa shape index (κ2) is 5.22. The molecule has 1 aromatic heterocycles. The van der Waals surface area contributed by atoms with Gasteiger partial charge in [-0.2, -0.15) is 8.78 Å². The largest absolute Gasteiger partial charge is 0.452 e. The zero-order valence-corrected chi connectivity index (χ0v) is 12.0. The van der Waals surface area contributed by atoms with E-state index in [4.69, 9.17) is 4.42 Å². The van der Waals surface area contributed by atoms with Gasteiger partial charge in [-0.15, -0.1) is 0 Å². The van der Waals surface area contributed by atoms with Crippen LogP contribution in [0.3, 0.4) is 0 Å². The smallest absolute Gasteiger partial charge is 0.387 e. The Hall–Kier alpha value is -2.63. The highest BCUT2D eigenvalue weighted by Crippen LogP contribution is 2.41. The normalized spacial score (nSPS) is 18.0. The molecule has 0 saturated carbocycles. The number of carbonyl (C=O) groups is 1. The first-order valence-corrected chi connectivity index (χ1v) is 7.29. The number of para-hydroxylation sites is 1. The van der Waals surface area contributed by atoms with Crippen molar-refractivity contribution in [2.45, 2.75) is 19.0 Å². The molecule has 1 N–H and O–H groups in total. The Bertz CT molecular complexity index is 903. The minimum absolute atomic E-state index is 0.00670. The summed E-state index contributed by atoms with van der Waals surface area (Å²) in [4.78, 5) is 11.5. The number of ether oxygens (including phenoxy) is 1. The first-order chi connectivity index (χ1) is 11.1. The van der Waals surface area contributed by atoms with Crippen LogP contribution in [0.5, 0.6) is 5.75 Å². The molecular formula is C17H13F2NO3. The summed E-state index contributed by atoms with van der Waals surface area (Å²) < 4.78 is 35.6. The van der Waals surface area contributed by atoms with E-state index in [9.17, 15) is 13.6 Å². The van der Waals surface area contributed by atoms with E-state index in [1.165, 1.54) is 6.07 Å². The van der Waals surface area contributed by atoms with E-state index in [0.29, 0.717) is 24.1 Å². The molecule has 3 aromatic rings. The van der Waals surface area contributed by atoms with Gasteiger partial charge in [0.2, 0.25) is 5.91 Å². The maximum absolute atomic E-state index is 12.6. The van der Waals surface area contributed by atoms with Crippen molar-refractivity contribution in [1.29, 1.82) is 0 Å². The first kappa shape index (κ1) is 14.0. The van der Waals surface area contributed by atoms with Gasteiger partial charge in [0, 0.05) is 29.7 Å². The van der Waals surface area contributed by atoms with Crippen LogP contribution in [-0.4, -0.2) is 19.1 Å². The van der Waals surface area contributed by atoms with E-state index in [2.05, 4.69) is 10.1 Å². The minimum atomic E-state index is -2.92. The average Bonchev–Trinajstić information content (AvgIpc) is 3.11. The molecular weight excluding hydrogens is 304 g/mol. The summed E-state index contributed by atoms with van der Waals surface area (Å²) >= 11 is 0. The molecule has 2 heterocycles. The standard InChI is InChI=1S/C17H13F2NO3/c18-17(19)23-13-6-5-10(9-7-14(21)20-8-9)15-11-3-1-2-4-12(11)22-16(13)15/h1-6,9,17H,7-8H2,(H,20,21)/t9-/m0/s1. The summed E-state index contributed by atoms with van der Waals surface area (Å²) in [5.41, 5.74) is 1.81. The summed E-state index contributed by atoms with van der Waals surface area (Å²) in [5.74, 6) is -0.0114. The minimum Gasteiger partial charge on any atom is -0.452 e. The average molecular weight is 317 g/mol. The summed E-state index contributed by atoms with van der Waals surface area (Å²) in [5, 5.41) is 4.37. The number of nitrogens with one attached hydrogen (secondary N) is 1. The zero-order valence-electron chi connectivity index (χ0n) is 12.0. The van der Waals surface area contributed by atoms with Crippen LogP contribution in [0.1, 0.15) is 17.9 Å². The summed E-state index contributed by atoms with van der Waals surface area (Å²) in [6, 6.07) is 10.6. The van der Waals surface area contributed by atoms with Crippen LogP contribution >= 0.6 is 0 Å². The van der Waals surface area contributed by atoms with Gasteiger partial charge in [0.05, 0.1) is 0 Å². The molecule has 4 nitrogen and oxygen atoms in total. The van der Waals surface area contributed by atoms with Gasteiger partial charge in [0.25, 0.3) is 0 Å². The Kier molecular flexibility index (Phi) is 3.18. The predicted octanol–water partition coefficient (Wildman–Crippen LogP) is 3.79. The van der Waals surface area contributed by atoms with Gasteiger partial charge in [0.1, 0.15) is 5.58 Å². The van der Waals surface area contributed by atoms with E-state index >= 15 is 0 Å². The summed E-state index contributed by atoms with van der Waals surface area (Å²) in [6.07, 6.45) is 0.379. The lowest BCUT2D eigenvalue weighted by Gasteiger charge is -2.12. The predicted molar refractivity (Wildman–Crippen MR) is 80.7 cm³/mol. The molecule has 6 heteroatoms. The van der Waals surface area contributed by atoms with E-state index in [1.807, 2.05) is 18.2 Å². The Labute approximate surface area is 130 Å². The van der Waals surface area contributed by atoms with Crippen LogP contribution in [0.25, 0.3) is 21.9 Å². The fourth-order valence-electron chi connectivity index (χ4n) is 3.18. The lowest BCUT2D eigenvalue weighted by Crippen LogP contribution is -2.13. The highest BCUT2D eigenvalue weighted by Gasteiger charge is 2.27. The molecule has 0 spiro atoms. The number of furan rings is 1. The molecule has 1 atom stereocenters. The van der Waals surface area contributed by atoms with E-state index in [1.54, 1.807) is 12.1 Å². The molecule has 1 amide bonds. The molecule has 1 aliphatic heterocycles. The monoisotopic (exact) mass is 317 g/mol. The summed E-state index contributed by atoms with van der Waals surface area (Å²) in [7, 11) is 0. The summed E-state index contributed by atoms with van der Waals surface area (Å²) in [6.45, 7) is -2.39. The topological polar surface area (TPSA) is 51.5 Å². The van der Waals surface area contributed by atoms with Crippen LogP contribution in [0, 0.1) is 0 Å². The number of amides is 1. The van der Waals surface area contributed by atoms with Gasteiger partial charge in [-0.05, 0) is 17.7 Å². The number of hydrogen-bond acceptors (Lipinski definition) is 3. The van der Waals surface area contributed by atoms with Crippen LogP contribution in [0.4, 0.5) is 8.78 Å². The molecule has 4 rings (SSSR count). The number of halogens is 2. The number of fused-ring (bicyclic) bond motifs is 3. The van der Waals surface area contributed by atoms with Gasteiger partial charge in [-0.3, -0.25) is 4.79 Å². The first-order valence-electron chi connectivity index (χ1n) is 7.29. The molecule has 23 heavy (non-hydrogen) atoms. The number of hydrogen-bond donors (Lipinski definition) is 1. The molecule has 0 aliphatic carbocycles. The second-order valence-electron chi connectivity index (χ2n) is 5.54. The van der Waals surface area contributed by atoms with E-state index in [-0.39, 0.29) is 17.6 Å². The van der Waals surface area contributed by atoms with Crippen molar-refractivity contribution in [2.75, 3.05) is 6.54 Å². The third-order valence-corrected chi connectivity index (χ3v) is 4.16. The third-order valence-electron chi connectivity index (χ3n) is 4.16. The SMILES string of the molecule is O=C1C[C@H](c2ccc(OC(F)F)c3oc4ccccc4c23)CN1. The van der Waals surface area contributed by atoms with E-state index in [0.717, 1.165) is 16.3 Å². The molecule has 0 unspecified atom stereocenters. The van der Waals surface area contributed by atoms with Crippen molar-refractivity contribution in [3.05, 3.63) is 42.0 Å². The maximum atomic E-state index is 12.6. The van der Waals surface area contributed by atoms with Gasteiger partial charge < -0.3 is 14.5 Å². The fourth-order valence-corrected chi connectivity index (χ4v) is 3.18. The fraction of sp³-hybridized carbons (Fsp3) is 0.235. The number of benzene rings is 2. The van der Waals surface area contributed by atoms with Gasteiger partial charge in [0.15, 0.2) is 11.3 Å². The van der Waals surface area contributed by atoms with Gasteiger partial charge >= 0.3 is 6.61 Å². The Balaban J connectivity index is 1.98. The molecule has 0 radical (unpaired) electrons. The van der Waals surface area contributed by atoms with Crippen molar-refractivity contribution in [3.63, 3.8) is 0 Å². The lowest BCUT2D eigenvalue weighted by atomic mass is 9.93. The van der Waals surface area contributed by atoms with Gasteiger partial charge in [-0.1, -0.05) is 24.3 Å². The van der Waals surface area contributed by atoms with Crippen LogP contribution in [0.15, 0.2) is 40.8 Å². The van der Waals surface area contributed by atoms with Crippen molar-refractivity contribution >= 4 is 27.8 Å². The van der Waals surface area contributed by atoms with E-state index < -0.39 is 6.61 Å². The molecule has 1 saturated heterocycles. The highest BCUT2D eigenvalue weighted by atomic mass is 19.3. The number of alkyl halides is 2. The van der Waals surface area contributed by atoms with Crippen LogP contribution in [-0.2, 0) is 4.79 Å². The van der Waals surface area contributed by atoms with Crippen molar-refractivity contribution in [1.82, 2.24) is 5.32 Å². The van der Waals surface area contributed by atoms with Crippen molar-refractivity contribution in [3.8, 4) is 5.75 Å². The van der Waals surface area contributed by atoms with Crippen molar-refractivity contribution in [2.24, 2.45) is 0 Å². The lowest BCUT2D eigenvalue weighted by molar-refractivity contribution is -0.119. The molecule has 2 aromatic carbocycles. The number of carbonyl (C=O) groups excluding carboxylic acids is 1. The quantitative estimate of drug-likeness (QED) is 0.799. The zero-order chi connectivity index (χ0) is 16.0.